The van der Waals surface area contributed by atoms with Gasteiger partial charge >= 0.3 is 5.97 Å². The summed E-state index contributed by atoms with van der Waals surface area (Å²) in [4.78, 5) is 11.7. The van der Waals surface area contributed by atoms with Crippen LogP contribution in [0.1, 0.15) is 25.3 Å². The molecule has 1 aromatic rings. The molecule has 4 heteroatoms. The molecule has 0 amide bonds. The summed E-state index contributed by atoms with van der Waals surface area (Å²) in [6.45, 7) is 2.22. The van der Waals surface area contributed by atoms with E-state index < -0.39 is 0 Å². The van der Waals surface area contributed by atoms with E-state index in [2.05, 4.69) is 35.1 Å². The number of allylic oxidation sites excluding steroid dienone is 1. The third kappa shape index (κ3) is 2.12. The molecule has 0 bridgehead atoms. The van der Waals surface area contributed by atoms with E-state index in [4.69, 9.17) is 4.74 Å². The molecule has 1 aliphatic carbocycles. The number of hydrogen-bond acceptors (Lipinski definition) is 4. The molecule has 19 heavy (non-hydrogen) atoms. The maximum Gasteiger partial charge on any atom is 0.328 e. The van der Waals surface area contributed by atoms with Gasteiger partial charge in [0.25, 0.3) is 0 Å². The smallest absolute Gasteiger partial charge is 0.328 e. The van der Waals surface area contributed by atoms with Crippen molar-refractivity contribution in [2.24, 2.45) is 0 Å². The molecule has 0 aromatic heterocycles. The summed E-state index contributed by atoms with van der Waals surface area (Å²) < 4.78 is 5.03. The Labute approximate surface area is 112 Å². The predicted octanol–water partition coefficient (Wildman–Crippen LogP) is 1.64. The van der Waals surface area contributed by atoms with Crippen LogP contribution in [-0.4, -0.2) is 18.6 Å². The van der Waals surface area contributed by atoms with Crippen molar-refractivity contribution in [1.82, 2.24) is 10.9 Å². The van der Waals surface area contributed by atoms with Crippen LogP contribution in [0.15, 0.2) is 42.1 Å². The monoisotopic (exact) mass is 258 g/mol. The molecule has 1 aromatic carbocycles. The lowest BCUT2D eigenvalue weighted by molar-refractivity contribution is -0.144. The minimum absolute atomic E-state index is 0.0650. The van der Waals surface area contributed by atoms with Gasteiger partial charge in [-0.05, 0) is 31.4 Å². The zero-order chi connectivity index (χ0) is 13.3. The Morgan fingerprint density at radius 2 is 2.11 bits per heavy atom. The zero-order valence-corrected chi connectivity index (χ0v) is 11.0. The quantitative estimate of drug-likeness (QED) is 0.806. The van der Waals surface area contributed by atoms with Crippen LogP contribution in [-0.2, 0) is 14.9 Å². The fourth-order valence-corrected chi connectivity index (χ4v) is 2.64. The number of esters is 1. The predicted molar refractivity (Wildman–Crippen MR) is 72.1 cm³/mol. The summed E-state index contributed by atoms with van der Waals surface area (Å²) in [6.07, 6.45) is 4.19. The highest BCUT2D eigenvalue weighted by molar-refractivity contribution is 5.79. The summed E-state index contributed by atoms with van der Waals surface area (Å²) in [5.74, 6) is -0.228. The molecule has 100 valence electrons. The second kappa shape index (κ2) is 4.70. The molecular weight excluding hydrogens is 240 g/mol. The van der Waals surface area contributed by atoms with Gasteiger partial charge in [0.15, 0.2) is 0 Å². The standard InChI is InChI=1S/C15H18N2O2/c1-2-19-14(18)12-10-13(17-16-12)15(8-9-15)11-6-4-3-5-7-11/h3-7,10,12,16-17H,2,8-9H2,1H3. The first kappa shape index (κ1) is 12.2. The van der Waals surface area contributed by atoms with E-state index in [0.29, 0.717) is 6.61 Å². The molecule has 2 aliphatic rings. The van der Waals surface area contributed by atoms with Gasteiger partial charge in [0.2, 0.25) is 0 Å². The van der Waals surface area contributed by atoms with Gasteiger partial charge in [-0.25, -0.2) is 10.2 Å². The van der Waals surface area contributed by atoms with E-state index in [1.54, 1.807) is 0 Å². The summed E-state index contributed by atoms with van der Waals surface area (Å²) in [5.41, 5.74) is 8.61. The molecule has 1 saturated carbocycles. The summed E-state index contributed by atoms with van der Waals surface area (Å²) in [6, 6.07) is 10.1. The fourth-order valence-electron chi connectivity index (χ4n) is 2.64. The lowest BCUT2D eigenvalue weighted by Gasteiger charge is -2.17. The van der Waals surface area contributed by atoms with Crippen LogP contribution in [0.2, 0.25) is 0 Å². The van der Waals surface area contributed by atoms with Crippen LogP contribution < -0.4 is 10.9 Å². The van der Waals surface area contributed by atoms with E-state index in [9.17, 15) is 4.79 Å². The third-order valence-corrected chi connectivity index (χ3v) is 3.83. The molecule has 1 atom stereocenters. The number of carbonyl (C=O) groups excluding carboxylic acids is 1. The Balaban J connectivity index is 1.80. The average Bonchev–Trinajstić information content (AvgIpc) is 3.10. The Morgan fingerprint density at radius 3 is 2.74 bits per heavy atom. The first-order valence-corrected chi connectivity index (χ1v) is 6.72. The van der Waals surface area contributed by atoms with Crippen molar-refractivity contribution in [3.8, 4) is 0 Å². The molecule has 0 radical (unpaired) electrons. The SMILES string of the molecule is CCOC(=O)C1C=C(C2(c3ccccc3)CC2)NN1. The Hall–Kier alpha value is -1.81. The molecule has 0 saturated heterocycles. The number of hydrogen-bond donors (Lipinski definition) is 2. The second-order valence-electron chi connectivity index (χ2n) is 5.03. The Bertz CT molecular complexity index is 506. The van der Waals surface area contributed by atoms with Crippen molar-refractivity contribution in [3.05, 3.63) is 47.7 Å². The van der Waals surface area contributed by atoms with Crippen molar-refractivity contribution in [2.75, 3.05) is 6.61 Å². The minimum Gasteiger partial charge on any atom is -0.465 e. The highest BCUT2D eigenvalue weighted by Gasteiger charge is 2.49. The summed E-state index contributed by atoms with van der Waals surface area (Å²) in [7, 11) is 0. The van der Waals surface area contributed by atoms with E-state index in [1.807, 2.05) is 19.1 Å². The van der Waals surface area contributed by atoms with Crippen molar-refractivity contribution < 1.29 is 9.53 Å². The highest BCUT2D eigenvalue weighted by Crippen LogP contribution is 2.53. The zero-order valence-electron chi connectivity index (χ0n) is 11.0. The van der Waals surface area contributed by atoms with Crippen molar-refractivity contribution in [3.63, 3.8) is 0 Å². The van der Waals surface area contributed by atoms with E-state index in [0.717, 1.165) is 18.5 Å². The first-order chi connectivity index (χ1) is 9.26. The number of hydrazine groups is 1. The maximum atomic E-state index is 11.7. The summed E-state index contributed by atoms with van der Waals surface area (Å²) >= 11 is 0. The lowest BCUT2D eigenvalue weighted by Crippen LogP contribution is -2.39. The van der Waals surface area contributed by atoms with Gasteiger partial charge in [-0.3, -0.25) is 0 Å². The lowest BCUT2D eigenvalue weighted by atomic mass is 9.92. The molecule has 4 nitrogen and oxygen atoms in total. The number of benzene rings is 1. The van der Waals surface area contributed by atoms with E-state index in [1.165, 1.54) is 5.56 Å². The largest absolute Gasteiger partial charge is 0.465 e. The van der Waals surface area contributed by atoms with Crippen molar-refractivity contribution in [1.29, 1.82) is 0 Å². The molecule has 1 unspecified atom stereocenters. The molecule has 0 spiro atoms. The van der Waals surface area contributed by atoms with Crippen LogP contribution in [0.5, 0.6) is 0 Å². The van der Waals surface area contributed by atoms with Crippen molar-refractivity contribution in [2.45, 2.75) is 31.2 Å². The molecule has 1 fully saturated rings. The minimum atomic E-state index is -0.379. The first-order valence-electron chi connectivity index (χ1n) is 6.72. The van der Waals surface area contributed by atoms with Gasteiger partial charge in [0, 0.05) is 11.1 Å². The summed E-state index contributed by atoms with van der Waals surface area (Å²) in [5, 5.41) is 0. The Kier molecular flexibility index (Phi) is 3.03. The highest BCUT2D eigenvalue weighted by atomic mass is 16.5. The molecule has 1 heterocycles. The maximum absolute atomic E-state index is 11.7. The van der Waals surface area contributed by atoms with Gasteiger partial charge < -0.3 is 10.2 Å². The number of carbonyl (C=O) groups is 1. The number of rotatable bonds is 4. The van der Waals surface area contributed by atoms with Gasteiger partial charge in [-0.1, -0.05) is 30.3 Å². The number of nitrogens with one attached hydrogen (secondary N) is 2. The second-order valence-corrected chi connectivity index (χ2v) is 5.03. The topological polar surface area (TPSA) is 50.4 Å². The van der Waals surface area contributed by atoms with Crippen molar-refractivity contribution >= 4 is 5.97 Å². The van der Waals surface area contributed by atoms with Gasteiger partial charge in [0.1, 0.15) is 6.04 Å². The normalized spacial score (nSPS) is 23.4. The fraction of sp³-hybridized carbons (Fsp3) is 0.400. The van der Waals surface area contributed by atoms with Crippen LogP contribution in [0.25, 0.3) is 0 Å². The number of ether oxygens (including phenoxy) is 1. The van der Waals surface area contributed by atoms with Crippen LogP contribution in [0.4, 0.5) is 0 Å². The molecule has 3 rings (SSSR count). The Morgan fingerprint density at radius 1 is 1.37 bits per heavy atom. The van der Waals surface area contributed by atoms with Crippen LogP contribution in [0.3, 0.4) is 0 Å². The third-order valence-electron chi connectivity index (χ3n) is 3.83. The average molecular weight is 258 g/mol. The molecule has 1 aliphatic heterocycles. The molecular formula is C15H18N2O2. The van der Waals surface area contributed by atoms with Gasteiger partial charge in [-0.15, -0.1) is 0 Å². The van der Waals surface area contributed by atoms with Crippen LogP contribution in [0, 0.1) is 0 Å². The van der Waals surface area contributed by atoms with Gasteiger partial charge in [-0.2, -0.15) is 0 Å². The van der Waals surface area contributed by atoms with Crippen LogP contribution >= 0.6 is 0 Å². The van der Waals surface area contributed by atoms with Gasteiger partial charge in [0.05, 0.1) is 6.61 Å². The molecule has 2 N–H and O–H groups in total. The van der Waals surface area contributed by atoms with E-state index >= 15 is 0 Å². The van der Waals surface area contributed by atoms with E-state index in [-0.39, 0.29) is 17.4 Å².